The van der Waals surface area contributed by atoms with Gasteiger partial charge in [-0.3, -0.25) is 4.90 Å². The van der Waals surface area contributed by atoms with E-state index in [-0.39, 0.29) is 0 Å². The lowest BCUT2D eigenvalue weighted by Gasteiger charge is -2.33. The van der Waals surface area contributed by atoms with Gasteiger partial charge in [0, 0.05) is 23.5 Å². The van der Waals surface area contributed by atoms with Gasteiger partial charge in [-0.25, -0.2) is 0 Å². The number of nitrogens with zero attached hydrogens (tertiary/aromatic N) is 1. The minimum absolute atomic E-state index is 0.472. The number of para-hydroxylation sites is 1. The molecule has 2 N–H and O–H groups in total. The summed E-state index contributed by atoms with van der Waals surface area (Å²) in [5, 5.41) is 1.22. The average Bonchev–Trinajstić information content (AvgIpc) is 2.86. The number of fused-ring (bicyclic) bond motifs is 1. The third kappa shape index (κ3) is 2.99. The predicted molar refractivity (Wildman–Crippen MR) is 87.0 cm³/mol. The topological polar surface area (TPSA) is 42.4 Å². The fourth-order valence-electron chi connectivity index (χ4n) is 3.55. The summed E-state index contributed by atoms with van der Waals surface area (Å²) in [6.07, 6.45) is 5.33. The van der Waals surface area contributed by atoms with Crippen molar-refractivity contribution in [3.63, 3.8) is 0 Å². The van der Waals surface area contributed by atoms with E-state index in [1.54, 1.807) is 0 Å². The maximum absolute atomic E-state index is 5.90. The van der Waals surface area contributed by atoms with Crippen molar-refractivity contribution in [3.8, 4) is 0 Å². The van der Waals surface area contributed by atoms with Crippen molar-refractivity contribution in [1.29, 1.82) is 0 Å². The van der Waals surface area contributed by atoms with Crippen LogP contribution in [0.15, 0.2) is 28.7 Å². The van der Waals surface area contributed by atoms with Crippen molar-refractivity contribution >= 4 is 11.0 Å². The van der Waals surface area contributed by atoms with Crippen molar-refractivity contribution < 1.29 is 4.42 Å². The number of nitrogens with two attached hydrogens (primary N) is 1. The molecule has 0 radical (unpaired) electrons. The summed E-state index contributed by atoms with van der Waals surface area (Å²) in [6.45, 7) is 3.77. The van der Waals surface area contributed by atoms with Gasteiger partial charge in [-0.2, -0.15) is 0 Å². The van der Waals surface area contributed by atoms with E-state index in [4.69, 9.17) is 10.2 Å². The molecule has 3 heteroatoms. The lowest BCUT2D eigenvalue weighted by molar-refractivity contribution is 0.163. The Morgan fingerprint density at radius 2 is 1.90 bits per heavy atom. The minimum atomic E-state index is 0.472. The second-order valence-corrected chi connectivity index (χ2v) is 6.53. The summed E-state index contributed by atoms with van der Waals surface area (Å²) in [7, 11) is 2.24. The molecule has 1 aromatic heterocycles. The van der Waals surface area contributed by atoms with Crippen LogP contribution in [-0.4, -0.2) is 18.0 Å². The molecule has 1 saturated carbocycles. The van der Waals surface area contributed by atoms with Crippen LogP contribution in [-0.2, 0) is 13.1 Å². The minimum Gasteiger partial charge on any atom is -0.459 e. The predicted octanol–water partition coefficient (Wildman–Crippen LogP) is 3.90. The van der Waals surface area contributed by atoms with E-state index in [1.807, 2.05) is 12.1 Å². The van der Waals surface area contributed by atoms with Gasteiger partial charge < -0.3 is 10.2 Å². The monoisotopic (exact) mass is 286 g/mol. The highest BCUT2D eigenvalue weighted by Gasteiger charge is 2.23. The number of hydrogen-bond donors (Lipinski definition) is 1. The molecule has 0 saturated heterocycles. The summed E-state index contributed by atoms with van der Waals surface area (Å²) in [5.41, 5.74) is 8.10. The average molecular weight is 286 g/mol. The highest BCUT2D eigenvalue weighted by Crippen LogP contribution is 2.30. The van der Waals surface area contributed by atoms with Crippen LogP contribution in [0.1, 0.15) is 43.9 Å². The Hall–Kier alpha value is -1.32. The van der Waals surface area contributed by atoms with Crippen molar-refractivity contribution in [1.82, 2.24) is 4.90 Å². The smallest absolute Gasteiger partial charge is 0.134 e. The van der Waals surface area contributed by atoms with Crippen LogP contribution >= 0.6 is 0 Å². The van der Waals surface area contributed by atoms with Crippen molar-refractivity contribution in [2.24, 2.45) is 11.7 Å². The second-order valence-electron chi connectivity index (χ2n) is 6.53. The van der Waals surface area contributed by atoms with Gasteiger partial charge in [-0.1, -0.05) is 25.1 Å². The van der Waals surface area contributed by atoms with Crippen LogP contribution in [0.5, 0.6) is 0 Å². The molecule has 0 atom stereocenters. The molecule has 2 aromatic rings. The molecule has 0 amide bonds. The van der Waals surface area contributed by atoms with Crippen molar-refractivity contribution in [2.45, 2.75) is 51.7 Å². The van der Waals surface area contributed by atoms with Gasteiger partial charge in [0.25, 0.3) is 0 Å². The van der Waals surface area contributed by atoms with E-state index >= 15 is 0 Å². The number of rotatable bonds is 4. The van der Waals surface area contributed by atoms with Crippen LogP contribution in [0.2, 0.25) is 0 Å². The molecule has 3 rings (SSSR count). The molecule has 1 aliphatic carbocycles. The lowest BCUT2D eigenvalue weighted by atomic mass is 9.86. The first-order valence-electron chi connectivity index (χ1n) is 8.08. The van der Waals surface area contributed by atoms with Gasteiger partial charge >= 0.3 is 0 Å². The van der Waals surface area contributed by atoms with Gasteiger partial charge in [0.1, 0.15) is 11.3 Å². The summed E-state index contributed by atoms with van der Waals surface area (Å²) in [6, 6.07) is 8.96. The van der Waals surface area contributed by atoms with Crippen molar-refractivity contribution in [2.75, 3.05) is 7.05 Å². The van der Waals surface area contributed by atoms with Crippen LogP contribution in [0.25, 0.3) is 11.0 Å². The molecule has 0 aliphatic heterocycles. The molecule has 114 valence electrons. The molecular formula is C18H26N2O. The highest BCUT2D eigenvalue weighted by atomic mass is 16.3. The molecule has 1 heterocycles. The van der Waals surface area contributed by atoms with Crippen LogP contribution < -0.4 is 5.73 Å². The summed E-state index contributed by atoms with van der Waals surface area (Å²) >= 11 is 0. The van der Waals surface area contributed by atoms with E-state index in [2.05, 4.69) is 31.0 Å². The van der Waals surface area contributed by atoms with Gasteiger partial charge in [-0.05, 0) is 44.7 Å². The molecule has 0 unspecified atom stereocenters. The molecule has 1 aliphatic rings. The van der Waals surface area contributed by atoms with Crippen molar-refractivity contribution in [3.05, 3.63) is 35.6 Å². The molecule has 1 aromatic carbocycles. The normalized spacial score (nSPS) is 23.0. The van der Waals surface area contributed by atoms with E-state index in [1.165, 1.54) is 36.6 Å². The first kappa shape index (κ1) is 14.6. The third-order valence-electron chi connectivity index (χ3n) is 4.98. The Morgan fingerprint density at radius 3 is 2.62 bits per heavy atom. The van der Waals surface area contributed by atoms with E-state index in [0.717, 1.165) is 23.8 Å². The first-order chi connectivity index (χ1) is 10.2. The van der Waals surface area contributed by atoms with Crippen LogP contribution in [0.4, 0.5) is 0 Å². The Bertz CT molecular complexity index is 596. The fourth-order valence-corrected chi connectivity index (χ4v) is 3.55. The third-order valence-corrected chi connectivity index (χ3v) is 4.98. The number of benzene rings is 1. The first-order valence-corrected chi connectivity index (χ1v) is 8.08. The zero-order valence-electron chi connectivity index (χ0n) is 13.1. The molecule has 1 fully saturated rings. The van der Waals surface area contributed by atoms with Gasteiger partial charge in [0.05, 0.1) is 6.54 Å². The van der Waals surface area contributed by atoms with E-state index in [0.29, 0.717) is 12.6 Å². The van der Waals surface area contributed by atoms with E-state index < -0.39 is 0 Å². The van der Waals surface area contributed by atoms with E-state index in [9.17, 15) is 0 Å². The largest absolute Gasteiger partial charge is 0.459 e. The SMILES string of the molecule is CC1CCC(N(C)Cc2c(CN)oc3ccccc23)CC1. The van der Waals surface area contributed by atoms with Gasteiger partial charge in [-0.15, -0.1) is 0 Å². The number of furan rings is 1. The van der Waals surface area contributed by atoms with Gasteiger partial charge in [0.15, 0.2) is 0 Å². The summed E-state index contributed by atoms with van der Waals surface area (Å²) < 4.78 is 5.90. The van der Waals surface area contributed by atoms with Crippen LogP contribution in [0.3, 0.4) is 0 Å². The van der Waals surface area contributed by atoms with Crippen LogP contribution in [0, 0.1) is 5.92 Å². The maximum Gasteiger partial charge on any atom is 0.134 e. The molecular weight excluding hydrogens is 260 g/mol. The quantitative estimate of drug-likeness (QED) is 0.927. The Kier molecular flexibility index (Phi) is 4.32. The molecule has 21 heavy (non-hydrogen) atoms. The highest BCUT2D eigenvalue weighted by molar-refractivity contribution is 5.82. The van der Waals surface area contributed by atoms with Gasteiger partial charge in [0.2, 0.25) is 0 Å². The Balaban J connectivity index is 1.80. The molecule has 3 nitrogen and oxygen atoms in total. The molecule has 0 spiro atoms. The summed E-state index contributed by atoms with van der Waals surface area (Å²) in [4.78, 5) is 2.49. The Morgan fingerprint density at radius 1 is 1.19 bits per heavy atom. The lowest BCUT2D eigenvalue weighted by Crippen LogP contribution is -2.34. The zero-order valence-corrected chi connectivity index (χ0v) is 13.1. The molecule has 0 bridgehead atoms. The zero-order chi connectivity index (χ0) is 14.8. The second kappa shape index (κ2) is 6.20. The standard InChI is InChI=1S/C18H26N2O/c1-13-7-9-14(10-8-13)20(2)12-16-15-5-3-4-6-17(15)21-18(16)11-19/h3-6,13-14H,7-12,19H2,1-2H3. The fraction of sp³-hybridized carbons (Fsp3) is 0.556. The Labute approximate surface area is 127 Å². The maximum atomic E-state index is 5.90. The summed E-state index contributed by atoms with van der Waals surface area (Å²) in [5.74, 6) is 1.83. The number of hydrogen-bond acceptors (Lipinski definition) is 3.